The van der Waals surface area contributed by atoms with Gasteiger partial charge in [0, 0.05) is 25.3 Å². The second-order valence-corrected chi connectivity index (χ2v) is 11.2. The van der Waals surface area contributed by atoms with E-state index < -0.39 is 14.8 Å². The van der Waals surface area contributed by atoms with Crippen molar-refractivity contribution in [1.29, 1.82) is 0 Å². The normalized spacial score (nSPS) is 23.1. The van der Waals surface area contributed by atoms with E-state index in [9.17, 15) is 18.0 Å². The van der Waals surface area contributed by atoms with Crippen LogP contribution in [0.2, 0.25) is 0 Å². The predicted octanol–water partition coefficient (Wildman–Crippen LogP) is 2.60. The van der Waals surface area contributed by atoms with E-state index in [0.29, 0.717) is 17.0 Å². The number of sulfonamides is 1. The summed E-state index contributed by atoms with van der Waals surface area (Å²) in [6, 6.07) is 5.26. The predicted molar refractivity (Wildman–Crippen MR) is 109 cm³/mol. The van der Waals surface area contributed by atoms with E-state index in [0.717, 1.165) is 42.8 Å². The zero-order valence-corrected chi connectivity index (χ0v) is 17.7. The zero-order chi connectivity index (χ0) is 20.7. The number of benzene rings is 1. The van der Waals surface area contributed by atoms with E-state index in [-0.39, 0.29) is 17.9 Å². The first-order chi connectivity index (χ1) is 13.0. The number of fused-ring (bicyclic) bond motifs is 1. The molecule has 0 unspecified atom stereocenters. The number of amides is 2. The number of carbonyl (C=O) groups excluding carboxylic acids is 2. The van der Waals surface area contributed by atoms with E-state index in [1.807, 2.05) is 6.07 Å². The van der Waals surface area contributed by atoms with Crippen LogP contribution in [0, 0.1) is 5.92 Å². The van der Waals surface area contributed by atoms with Crippen molar-refractivity contribution in [3.05, 3.63) is 29.3 Å². The minimum absolute atomic E-state index is 0.000333. The number of carbonyl (C=O) groups is 2. The summed E-state index contributed by atoms with van der Waals surface area (Å²) in [7, 11) is -1.83. The standard InChI is InChI=1S/C20H29N3O4S/c1-20(2,3)28(26,27)22-14-7-5-13(6-8-14)12-21-15-9-10-16-17(11-15)19(25)23(4)18(16)24/h9-11,13-14,21-22H,5-8,12H2,1-4H3/t13-,14-. The highest BCUT2D eigenvalue weighted by Gasteiger charge is 2.34. The van der Waals surface area contributed by atoms with Crippen LogP contribution in [-0.4, -0.2) is 49.5 Å². The van der Waals surface area contributed by atoms with Crippen molar-refractivity contribution in [1.82, 2.24) is 9.62 Å². The van der Waals surface area contributed by atoms with Gasteiger partial charge in [-0.1, -0.05) is 0 Å². The first-order valence-electron chi connectivity index (χ1n) is 9.72. The average molecular weight is 408 g/mol. The molecule has 1 fully saturated rings. The molecule has 7 nitrogen and oxygen atoms in total. The summed E-state index contributed by atoms with van der Waals surface area (Å²) in [6.45, 7) is 5.88. The van der Waals surface area contributed by atoms with Crippen LogP contribution in [-0.2, 0) is 10.0 Å². The molecule has 1 aromatic rings. The third-order valence-corrected chi connectivity index (χ3v) is 7.92. The van der Waals surface area contributed by atoms with Gasteiger partial charge < -0.3 is 5.32 Å². The quantitative estimate of drug-likeness (QED) is 0.732. The SMILES string of the molecule is CN1C(=O)c2ccc(NC[C@H]3CC[C@H](NS(=O)(=O)C(C)(C)C)CC3)cc2C1=O. The maximum Gasteiger partial charge on any atom is 0.261 e. The molecule has 1 aromatic carbocycles. The Morgan fingerprint density at radius 3 is 2.25 bits per heavy atom. The van der Waals surface area contributed by atoms with Crippen LogP contribution in [0.5, 0.6) is 0 Å². The van der Waals surface area contributed by atoms with Crippen molar-refractivity contribution < 1.29 is 18.0 Å². The van der Waals surface area contributed by atoms with Crippen LogP contribution >= 0.6 is 0 Å². The molecule has 1 heterocycles. The largest absolute Gasteiger partial charge is 0.385 e. The van der Waals surface area contributed by atoms with E-state index >= 15 is 0 Å². The van der Waals surface area contributed by atoms with Crippen molar-refractivity contribution in [3.8, 4) is 0 Å². The molecule has 0 spiro atoms. The van der Waals surface area contributed by atoms with Gasteiger partial charge in [0.15, 0.2) is 0 Å². The molecule has 1 aliphatic carbocycles. The third kappa shape index (κ3) is 4.07. The molecule has 8 heteroatoms. The summed E-state index contributed by atoms with van der Waals surface area (Å²) in [4.78, 5) is 25.2. The molecular weight excluding hydrogens is 378 g/mol. The Morgan fingerprint density at radius 2 is 1.64 bits per heavy atom. The molecule has 154 valence electrons. The van der Waals surface area contributed by atoms with Gasteiger partial charge >= 0.3 is 0 Å². The number of anilines is 1. The summed E-state index contributed by atoms with van der Waals surface area (Å²) in [5.74, 6) is -0.0819. The fourth-order valence-corrected chi connectivity index (χ4v) is 4.64. The molecule has 28 heavy (non-hydrogen) atoms. The fraction of sp³-hybridized carbons (Fsp3) is 0.600. The highest BCUT2D eigenvalue weighted by Crippen LogP contribution is 2.28. The topological polar surface area (TPSA) is 95.6 Å². The van der Waals surface area contributed by atoms with Crippen LogP contribution < -0.4 is 10.0 Å². The van der Waals surface area contributed by atoms with Crippen molar-refractivity contribution in [2.24, 2.45) is 5.92 Å². The Balaban J connectivity index is 1.52. The van der Waals surface area contributed by atoms with Gasteiger partial charge in [-0.05, 0) is 70.6 Å². The molecule has 0 saturated heterocycles. The van der Waals surface area contributed by atoms with Gasteiger partial charge in [0.25, 0.3) is 11.8 Å². The summed E-state index contributed by atoms with van der Waals surface area (Å²) in [6.07, 6.45) is 3.53. The lowest BCUT2D eigenvalue weighted by molar-refractivity contribution is 0.0693. The lowest BCUT2D eigenvalue weighted by Crippen LogP contribution is -2.46. The molecule has 2 N–H and O–H groups in total. The van der Waals surface area contributed by atoms with Gasteiger partial charge in [-0.15, -0.1) is 0 Å². The van der Waals surface area contributed by atoms with Crippen LogP contribution in [0.3, 0.4) is 0 Å². The summed E-state index contributed by atoms with van der Waals surface area (Å²) >= 11 is 0. The Labute approximate surface area is 166 Å². The fourth-order valence-electron chi connectivity index (χ4n) is 3.61. The molecule has 3 rings (SSSR count). The van der Waals surface area contributed by atoms with E-state index in [1.54, 1.807) is 32.9 Å². The van der Waals surface area contributed by atoms with Crippen molar-refractivity contribution in [2.75, 3.05) is 18.9 Å². The first kappa shape index (κ1) is 20.8. The van der Waals surface area contributed by atoms with E-state index in [1.165, 1.54) is 7.05 Å². The number of nitrogens with zero attached hydrogens (tertiary/aromatic N) is 1. The van der Waals surface area contributed by atoms with Crippen molar-refractivity contribution in [3.63, 3.8) is 0 Å². The van der Waals surface area contributed by atoms with Gasteiger partial charge in [0.2, 0.25) is 10.0 Å². The van der Waals surface area contributed by atoms with Crippen LogP contribution in [0.15, 0.2) is 18.2 Å². The van der Waals surface area contributed by atoms with E-state index in [2.05, 4.69) is 10.0 Å². The number of rotatable bonds is 5. The Morgan fingerprint density at radius 1 is 1.04 bits per heavy atom. The second kappa shape index (κ2) is 7.48. The number of hydrogen-bond donors (Lipinski definition) is 2. The second-order valence-electron chi connectivity index (χ2n) is 8.76. The maximum absolute atomic E-state index is 12.3. The number of imide groups is 1. The zero-order valence-electron chi connectivity index (χ0n) is 16.9. The third-order valence-electron chi connectivity index (χ3n) is 5.66. The minimum atomic E-state index is -3.32. The van der Waals surface area contributed by atoms with Gasteiger partial charge in [-0.25, -0.2) is 13.1 Å². The Kier molecular flexibility index (Phi) is 5.55. The molecule has 1 aliphatic heterocycles. The molecule has 0 radical (unpaired) electrons. The van der Waals surface area contributed by atoms with Gasteiger partial charge in [-0.3, -0.25) is 14.5 Å². The Hall–Kier alpha value is -1.93. The molecule has 1 saturated carbocycles. The monoisotopic (exact) mass is 407 g/mol. The molecular formula is C20H29N3O4S. The first-order valence-corrected chi connectivity index (χ1v) is 11.2. The summed E-state index contributed by atoms with van der Waals surface area (Å²) in [5, 5.41) is 3.36. The molecule has 2 amide bonds. The summed E-state index contributed by atoms with van der Waals surface area (Å²) < 4.78 is 26.6. The molecule has 0 bridgehead atoms. The summed E-state index contributed by atoms with van der Waals surface area (Å²) in [5.41, 5.74) is 1.72. The molecule has 2 aliphatic rings. The number of hydrogen-bond acceptors (Lipinski definition) is 5. The maximum atomic E-state index is 12.3. The Bertz CT molecular complexity index is 881. The smallest absolute Gasteiger partial charge is 0.261 e. The van der Waals surface area contributed by atoms with Gasteiger partial charge in [0.1, 0.15) is 0 Å². The lowest BCUT2D eigenvalue weighted by Gasteiger charge is -2.31. The van der Waals surface area contributed by atoms with Crippen molar-refractivity contribution in [2.45, 2.75) is 57.2 Å². The molecule has 0 aromatic heterocycles. The lowest BCUT2D eigenvalue weighted by atomic mass is 9.86. The van der Waals surface area contributed by atoms with Crippen LogP contribution in [0.1, 0.15) is 67.2 Å². The average Bonchev–Trinajstić information content (AvgIpc) is 2.84. The highest BCUT2D eigenvalue weighted by molar-refractivity contribution is 7.90. The van der Waals surface area contributed by atoms with Crippen LogP contribution in [0.25, 0.3) is 0 Å². The van der Waals surface area contributed by atoms with E-state index in [4.69, 9.17) is 0 Å². The van der Waals surface area contributed by atoms with Crippen molar-refractivity contribution >= 4 is 27.5 Å². The highest BCUT2D eigenvalue weighted by atomic mass is 32.2. The molecule has 0 atom stereocenters. The number of nitrogens with one attached hydrogen (secondary N) is 2. The van der Waals surface area contributed by atoms with Crippen LogP contribution in [0.4, 0.5) is 5.69 Å². The van der Waals surface area contributed by atoms with Gasteiger partial charge in [0.05, 0.1) is 15.9 Å². The van der Waals surface area contributed by atoms with Gasteiger partial charge in [-0.2, -0.15) is 0 Å². The minimum Gasteiger partial charge on any atom is -0.385 e.